The molecule has 88 valence electrons. The van der Waals surface area contributed by atoms with Gasteiger partial charge in [-0.25, -0.2) is 9.18 Å². The van der Waals surface area contributed by atoms with E-state index in [9.17, 15) is 9.18 Å². The second-order valence-electron chi connectivity index (χ2n) is 3.67. The van der Waals surface area contributed by atoms with Crippen molar-refractivity contribution in [3.63, 3.8) is 0 Å². The number of carbonyl (C=O) groups is 1. The minimum Gasteiger partial charge on any atom is -0.465 e. The van der Waals surface area contributed by atoms with Gasteiger partial charge in [-0.1, -0.05) is 12.1 Å². The zero-order valence-electron chi connectivity index (χ0n) is 9.74. The second-order valence-corrected chi connectivity index (χ2v) is 3.67. The minimum absolute atomic E-state index is 0.315. The van der Waals surface area contributed by atoms with E-state index in [1.54, 1.807) is 38.1 Å². The number of hydrogen-bond acceptors (Lipinski definition) is 3. The van der Waals surface area contributed by atoms with Gasteiger partial charge in [0, 0.05) is 0 Å². The van der Waals surface area contributed by atoms with E-state index in [-0.39, 0.29) is 11.8 Å². The molecule has 0 aliphatic rings. The topological polar surface area (TPSA) is 29.5 Å². The highest BCUT2D eigenvalue weighted by Crippen LogP contribution is 2.20. The van der Waals surface area contributed by atoms with E-state index in [0.29, 0.717) is 6.61 Å². The maximum absolute atomic E-state index is 12.8. The van der Waals surface area contributed by atoms with Crippen LogP contribution in [0.5, 0.6) is 0 Å². The number of ether oxygens (including phenoxy) is 1. The molecule has 0 aliphatic heterocycles. The first kappa shape index (κ1) is 12.6. The summed E-state index contributed by atoms with van der Waals surface area (Å²) in [6, 6.07) is 5.38. The molecule has 0 aliphatic carbocycles. The molecule has 0 spiro atoms. The van der Waals surface area contributed by atoms with Crippen molar-refractivity contribution in [3.05, 3.63) is 35.6 Å². The monoisotopic (exact) mass is 225 g/mol. The molecule has 4 heteroatoms. The van der Waals surface area contributed by atoms with Gasteiger partial charge in [0.05, 0.1) is 6.61 Å². The molecule has 0 bridgehead atoms. The summed E-state index contributed by atoms with van der Waals surface area (Å²) in [4.78, 5) is 13.5. The van der Waals surface area contributed by atoms with Crippen LogP contribution in [0.15, 0.2) is 24.3 Å². The van der Waals surface area contributed by atoms with Gasteiger partial charge in [-0.3, -0.25) is 4.90 Å². The highest BCUT2D eigenvalue weighted by molar-refractivity contribution is 5.77. The van der Waals surface area contributed by atoms with Crippen molar-refractivity contribution in [3.8, 4) is 0 Å². The Labute approximate surface area is 94.8 Å². The molecular weight excluding hydrogens is 209 g/mol. The van der Waals surface area contributed by atoms with E-state index >= 15 is 0 Å². The van der Waals surface area contributed by atoms with Gasteiger partial charge >= 0.3 is 5.97 Å². The van der Waals surface area contributed by atoms with Gasteiger partial charge in [0.1, 0.15) is 11.9 Å². The predicted octanol–water partition coefficient (Wildman–Crippen LogP) is 1.99. The zero-order chi connectivity index (χ0) is 12.1. The first-order chi connectivity index (χ1) is 7.56. The Kier molecular flexibility index (Phi) is 4.43. The van der Waals surface area contributed by atoms with Crippen LogP contribution in [0.3, 0.4) is 0 Å². The van der Waals surface area contributed by atoms with Crippen molar-refractivity contribution < 1.29 is 13.9 Å². The van der Waals surface area contributed by atoms with Crippen LogP contribution < -0.4 is 0 Å². The van der Waals surface area contributed by atoms with Crippen LogP contribution in [0, 0.1) is 5.82 Å². The van der Waals surface area contributed by atoms with Gasteiger partial charge < -0.3 is 4.74 Å². The first-order valence-electron chi connectivity index (χ1n) is 5.14. The number of likely N-dealkylation sites (N-methyl/N-ethyl adjacent to an activating group) is 1. The fourth-order valence-electron chi connectivity index (χ4n) is 1.51. The molecule has 0 radical (unpaired) electrons. The summed E-state index contributed by atoms with van der Waals surface area (Å²) in [5.74, 6) is -0.635. The van der Waals surface area contributed by atoms with E-state index in [1.165, 1.54) is 12.1 Å². The molecule has 1 unspecified atom stereocenters. The highest BCUT2D eigenvalue weighted by Gasteiger charge is 2.23. The van der Waals surface area contributed by atoms with Crippen LogP contribution in [-0.4, -0.2) is 31.6 Å². The molecule has 0 saturated heterocycles. The Hall–Kier alpha value is -1.42. The van der Waals surface area contributed by atoms with Gasteiger partial charge in [0.15, 0.2) is 0 Å². The number of esters is 1. The molecule has 0 N–H and O–H groups in total. The van der Waals surface area contributed by atoms with Gasteiger partial charge in [0.2, 0.25) is 0 Å². The van der Waals surface area contributed by atoms with Crippen molar-refractivity contribution >= 4 is 5.97 Å². The Morgan fingerprint density at radius 3 is 2.38 bits per heavy atom. The number of nitrogens with zero attached hydrogens (tertiary/aromatic N) is 1. The smallest absolute Gasteiger partial charge is 0.327 e. The van der Waals surface area contributed by atoms with Crippen LogP contribution in [-0.2, 0) is 9.53 Å². The first-order valence-corrected chi connectivity index (χ1v) is 5.14. The molecule has 16 heavy (non-hydrogen) atoms. The summed E-state index contributed by atoms with van der Waals surface area (Å²) >= 11 is 0. The minimum atomic E-state index is -0.486. The average molecular weight is 225 g/mol. The summed E-state index contributed by atoms with van der Waals surface area (Å²) in [5.41, 5.74) is 0.727. The molecule has 0 fully saturated rings. The molecular formula is C12H16FNO2. The molecule has 1 atom stereocenters. The maximum atomic E-state index is 12.8. The lowest BCUT2D eigenvalue weighted by molar-refractivity contribution is -0.148. The lowest BCUT2D eigenvalue weighted by Gasteiger charge is -2.22. The Morgan fingerprint density at radius 1 is 1.38 bits per heavy atom. The van der Waals surface area contributed by atoms with Crippen molar-refractivity contribution in [2.45, 2.75) is 13.0 Å². The molecule has 1 rings (SSSR count). The number of halogens is 1. The van der Waals surface area contributed by atoms with E-state index in [2.05, 4.69) is 0 Å². The lowest BCUT2D eigenvalue weighted by atomic mass is 10.1. The van der Waals surface area contributed by atoms with Crippen LogP contribution >= 0.6 is 0 Å². The Balaban J connectivity index is 2.93. The van der Waals surface area contributed by atoms with E-state index < -0.39 is 6.04 Å². The Morgan fingerprint density at radius 2 is 1.94 bits per heavy atom. The fraction of sp³-hybridized carbons (Fsp3) is 0.417. The van der Waals surface area contributed by atoms with Gasteiger partial charge in [-0.05, 0) is 38.7 Å². The third kappa shape index (κ3) is 3.03. The fourth-order valence-corrected chi connectivity index (χ4v) is 1.51. The van der Waals surface area contributed by atoms with E-state index in [4.69, 9.17) is 4.74 Å². The summed E-state index contributed by atoms with van der Waals surface area (Å²) in [6.45, 7) is 2.10. The second kappa shape index (κ2) is 5.61. The summed E-state index contributed by atoms with van der Waals surface area (Å²) < 4.78 is 17.7. The van der Waals surface area contributed by atoms with Crippen LogP contribution in [0.2, 0.25) is 0 Å². The van der Waals surface area contributed by atoms with Crippen LogP contribution in [0.1, 0.15) is 18.5 Å². The summed E-state index contributed by atoms with van der Waals surface area (Å²) in [7, 11) is 3.57. The summed E-state index contributed by atoms with van der Waals surface area (Å²) in [5, 5.41) is 0. The number of rotatable bonds is 4. The standard InChI is InChI=1S/C12H16FNO2/c1-4-16-12(15)11(14(2)3)9-5-7-10(13)8-6-9/h5-8,11H,4H2,1-3H3. The third-order valence-electron chi connectivity index (χ3n) is 2.21. The zero-order valence-corrected chi connectivity index (χ0v) is 9.74. The van der Waals surface area contributed by atoms with Gasteiger partial charge in [-0.15, -0.1) is 0 Å². The van der Waals surface area contributed by atoms with Crippen molar-refractivity contribution in [2.75, 3.05) is 20.7 Å². The van der Waals surface area contributed by atoms with Gasteiger partial charge in [-0.2, -0.15) is 0 Å². The highest BCUT2D eigenvalue weighted by atomic mass is 19.1. The molecule has 1 aromatic rings. The Bertz CT molecular complexity index is 349. The molecule has 0 saturated carbocycles. The molecule has 0 aromatic heterocycles. The number of carbonyl (C=O) groups excluding carboxylic acids is 1. The summed E-state index contributed by atoms with van der Waals surface area (Å²) in [6.07, 6.45) is 0. The quantitative estimate of drug-likeness (QED) is 0.734. The van der Waals surface area contributed by atoms with Gasteiger partial charge in [0.25, 0.3) is 0 Å². The van der Waals surface area contributed by atoms with Crippen LogP contribution in [0.4, 0.5) is 4.39 Å². The molecule has 0 amide bonds. The predicted molar refractivity (Wildman–Crippen MR) is 59.5 cm³/mol. The van der Waals surface area contributed by atoms with Crippen molar-refractivity contribution in [2.24, 2.45) is 0 Å². The van der Waals surface area contributed by atoms with Crippen molar-refractivity contribution in [1.82, 2.24) is 4.90 Å². The SMILES string of the molecule is CCOC(=O)C(c1ccc(F)cc1)N(C)C. The normalized spacial score (nSPS) is 12.6. The van der Waals surface area contributed by atoms with Crippen LogP contribution in [0.25, 0.3) is 0 Å². The van der Waals surface area contributed by atoms with E-state index in [0.717, 1.165) is 5.56 Å². The molecule has 0 heterocycles. The average Bonchev–Trinajstić information content (AvgIpc) is 2.21. The number of benzene rings is 1. The third-order valence-corrected chi connectivity index (χ3v) is 2.21. The van der Waals surface area contributed by atoms with Crippen molar-refractivity contribution in [1.29, 1.82) is 0 Å². The molecule has 1 aromatic carbocycles. The maximum Gasteiger partial charge on any atom is 0.327 e. The molecule has 3 nitrogen and oxygen atoms in total. The van der Waals surface area contributed by atoms with E-state index in [1.807, 2.05) is 0 Å². The largest absolute Gasteiger partial charge is 0.465 e. The number of hydrogen-bond donors (Lipinski definition) is 0. The lowest BCUT2D eigenvalue weighted by Crippen LogP contribution is -2.29.